The van der Waals surface area contributed by atoms with Gasteiger partial charge in [-0.2, -0.15) is 0 Å². The lowest BCUT2D eigenvalue weighted by molar-refractivity contribution is -0.137. The van der Waals surface area contributed by atoms with Crippen molar-refractivity contribution in [1.29, 1.82) is 0 Å². The van der Waals surface area contributed by atoms with Gasteiger partial charge in [0.05, 0.1) is 19.0 Å². The molecule has 0 amide bonds. The van der Waals surface area contributed by atoms with Gasteiger partial charge in [-0.1, -0.05) is 37.6 Å². The van der Waals surface area contributed by atoms with Gasteiger partial charge in [-0.25, -0.2) is 9.78 Å². The minimum Gasteiger partial charge on any atom is -0.463 e. The normalized spacial score (nSPS) is 12.5. The number of hydrogen-bond acceptors (Lipinski definition) is 3. The van der Waals surface area contributed by atoms with Gasteiger partial charge in [0.1, 0.15) is 0 Å². The van der Waals surface area contributed by atoms with Crippen molar-refractivity contribution in [1.82, 2.24) is 9.55 Å². The van der Waals surface area contributed by atoms with Gasteiger partial charge in [0.15, 0.2) is 0 Å². The molecule has 0 N–H and O–H groups in total. The molecule has 1 aromatic carbocycles. The van der Waals surface area contributed by atoms with Crippen LogP contribution in [0.5, 0.6) is 0 Å². The van der Waals surface area contributed by atoms with E-state index in [-0.39, 0.29) is 5.97 Å². The second kappa shape index (κ2) is 8.17. The van der Waals surface area contributed by atoms with Gasteiger partial charge in [-0.3, -0.25) is 0 Å². The van der Waals surface area contributed by atoms with E-state index in [0.29, 0.717) is 12.6 Å². The fourth-order valence-corrected chi connectivity index (χ4v) is 2.40. The van der Waals surface area contributed by atoms with Gasteiger partial charge in [-0.15, -0.1) is 0 Å². The van der Waals surface area contributed by atoms with Gasteiger partial charge in [-0.05, 0) is 30.5 Å². The molecular weight excluding hydrogens is 276 g/mol. The number of aromatic nitrogens is 2. The van der Waals surface area contributed by atoms with E-state index in [0.717, 1.165) is 18.4 Å². The van der Waals surface area contributed by atoms with Gasteiger partial charge >= 0.3 is 5.97 Å². The molecule has 22 heavy (non-hydrogen) atoms. The van der Waals surface area contributed by atoms with Crippen LogP contribution in [0, 0.1) is 0 Å². The molecule has 0 spiro atoms. The number of ether oxygens (including phenoxy) is 1. The predicted octanol–water partition coefficient (Wildman–Crippen LogP) is 3.85. The zero-order valence-corrected chi connectivity index (χ0v) is 13.1. The first-order chi connectivity index (χ1) is 10.7. The van der Waals surface area contributed by atoms with Gasteiger partial charge < -0.3 is 9.30 Å². The summed E-state index contributed by atoms with van der Waals surface area (Å²) in [5.41, 5.74) is 2.23. The summed E-state index contributed by atoms with van der Waals surface area (Å²) in [6, 6.07) is 8.54. The van der Waals surface area contributed by atoms with Crippen molar-refractivity contribution in [2.45, 2.75) is 32.7 Å². The number of rotatable bonds is 7. The summed E-state index contributed by atoms with van der Waals surface area (Å²) in [4.78, 5) is 15.4. The molecule has 1 heterocycles. The molecule has 2 aromatic rings. The Morgan fingerprint density at radius 3 is 2.68 bits per heavy atom. The van der Waals surface area contributed by atoms with Crippen LogP contribution in [-0.4, -0.2) is 22.1 Å². The highest BCUT2D eigenvalue weighted by atomic mass is 16.5. The van der Waals surface area contributed by atoms with Crippen LogP contribution in [0.25, 0.3) is 6.08 Å². The molecule has 1 unspecified atom stereocenters. The molecule has 1 atom stereocenters. The van der Waals surface area contributed by atoms with Gasteiger partial charge in [0.2, 0.25) is 0 Å². The molecule has 0 fully saturated rings. The Morgan fingerprint density at radius 1 is 1.32 bits per heavy atom. The Morgan fingerprint density at radius 2 is 2.09 bits per heavy atom. The first-order valence-corrected chi connectivity index (χ1v) is 7.66. The van der Waals surface area contributed by atoms with Gasteiger partial charge in [0.25, 0.3) is 0 Å². The lowest BCUT2D eigenvalue weighted by Crippen LogP contribution is -2.08. The Balaban J connectivity index is 2.11. The fraction of sp³-hybridized carbons (Fsp3) is 0.333. The van der Waals surface area contributed by atoms with Crippen LogP contribution < -0.4 is 0 Å². The van der Waals surface area contributed by atoms with E-state index in [1.54, 1.807) is 19.2 Å². The summed E-state index contributed by atoms with van der Waals surface area (Å²) < 4.78 is 7.00. The molecule has 0 bridgehead atoms. The van der Waals surface area contributed by atoms with Crippen molar-refractivity contribution >= 4 is 12.0 Å². The SMILES string of the molecule is CCCC(c1ccc(C=CC(=O)OCC)cc1)n1ccnc1. The van der Waals surface area contributed by atoms with Crippen molar-refractivity contribution in [3.05, 3.63) is 60.2 Å². The van der Waals surface area contributed by atoms with E-state index in [1.807, 2.05) is 24.7 Å². The standard InChI is InChI=1S/C18H22N2O2/c1-3-5-17(20-13-12-19-14-20)16-9-6-15(7-10-16)8-11-18(21)22-4-2/h6-14,17H,3-5H2,1-2H3. The topological polar surface area (TPSA) is 44.1 Å². The van der Waals surface area contributed by atoms with Crippen LogP contribution in [0.3, 0.4) is 0 Å². The van der Waals surface area contributed by atoms with Crippen molar-refractivity contribution in [3.8, 4) is 0 Å². The molecule has 0 saturated heterocycles. The highest BCUT2D eigenvalue weighted by Gasteiger charge is 2.11. The van der Waals surface area contributed by atoms with E-state index in [2.05, 4.69) is 28.6 Å². The Kier molecular flexibility index (Phi) is 5.95. The Bertz CT molecular complexity index is 601. The summed E-state index contributed by atoms with van der Waals surface area (Å²) >= 11 is 0. The fourth-order valence-electron chi connectivity index (χ4n) is 2.40. The molecule has 116 valence electrons. The van der Waals surface area contributed by atoms with E-state index >= 15 is 0 Å². The van der Waals surface area contributed by atoms with Crippen LogP contribution in [-0.2, 0) is 9.53 Å². The third-order valence-electron chi connectivity index (χ3n) is 3.47. The average molecular weight is 298 g/mol. The smallest absolute Gasteiger partial charge is 0.330 e. The van der Waals surface area contributed by atoms with Crippen molar-refractivity contribution in [3.63, 3.8) is 0 Å². The number of carbonyl (C=O) groups is 1. The molecule has 0 saturated carbocycles. The average Bonchev–Trinajstić information content (AvgIpc) is 3.06. The van der Waals surface area contributed by atoms with Crippen LogP contribution in [0.1, 0.15) is 43.9 Å². The van der Waals surface area contributed by atoms with Crippen LogP contribution in [0.15, 0.2) is 49.1 Å². The third kappa shape index (κ3) is 4.32. The van der Waals surface area contributed by atoms with Crippen molar-refractivity contribution in [2.24, 2.45) is 0 Å². The Labute approximate surface area is 131 Å². The molecule has 1 aromatic heterocycles. The number of imidazole rings is 1. The van der Waals surface area contributed by atoms with E-state index in [9.17, 15) is 4.79 Å². The molecular formula is C18H22N2O2. The highest BCUT2D eigenvalue weighted by Crippen LogP contribution is 2.23. The molecule has 0 aliphatic rings. The van der Waals surface area contributed by atoms with Crippen LogP contribution >= 0.6 is 0 Å². The number of nitrogens with zero attached hydrogens (tertiary/aromatic N) is 2. The number of esters is 1. The lowest BCUT2D eigenvalue weighted by Gasteiger charge is -2.18. The van der Waals surface area contributed by atoms with Crippen LogP contribution in [0.2, 0.25) is 0 Å². The maximum atomic E-state index is 11.3. The van der Waals surface area contributed by atoms with Crippen molar-refractivity contribution < 1.29 is 9.53 Å². The molecule has 2 rings (SSSR count). The minimum atomic E-state index is -0.311. The monoisotopic (exact) mass is 298 g/mol. The summed E-state index contributed by atoms with van der Waals surface area (Å²) in [5.74, 6) is -0.311. The summed E-state index contributed by atoms with van der Waals surface area (Å²) in [6.07, 6.45) is 11.1. The first-order valence-electron chi connectivity index (χ1n) is 7.66. The summed E-state index contributed by atoms with van der Waals surface area (Å²) in [5, 5.41) is 0. The number of carbonyl (C=O) groups excluding carboxylic acids is 1. The predicted molar refractivity (Wildman–Crippen MR) is 87.4 cm³/mol. The zero-order chi connectivity index (χ0) is 15.8. The zero-order valence-electron chi connectivity index (χ0n) is 13.1. The molecule has 0 radical (unpaired) electrons. The van der Waals surface area contributed by atoms with E-state index < -0.39 is 0 Å². The quantitative estimate of drug-likeness (QED) is 0.576. The molecule has 0 aliphatic heterocycles. The van der Waals surface area contributed by atoms with Gasteiger partial charge in [0, 0.05) is 18.5 Å². The maximum absolute atomic E-state index is 11.3. The highest BCUT2D eigenvalue weighted by molar-refractivity contribution is 5.87. The molecule has 0 aliphatic carbocycles. The maximum Gasteiger partial charge on any atom is 0.330 e. The van der Waals surface area contributed by atoms with E-state index in [1.165, 1.54) is 11.6 Å². The lowest BCUT2D eigenvalue weighted by atomic mass is 10.0. The van der Waals surface area contributed by atoms with Crippen LogP contribution in [0.4, 0.5) is 0 Å². The Hall–Kier alpha value is -2.36. The van der Waals surface area contributed by atoms with Crippen molar-refractivity contribution in [2.75, 3.05) is 6.61 Å². The third-order valence-corrected chi connectivity index (χ3v) is 3.47. The number of hydrogen-bond donors (Lipinski definition) is 0. The summed E-state index contributed by atoms with van der Waals surface area (Å²) in [7, 11) is 0. The molecule has 4 nitrogen and oxygen atoms in total. The number of benzene rings is 1. The van der Waals surface area contributed by atoms with E-state index in [4.69, 9.17) is 4.74 Å². The first kappa shape index (κ1) is 16.0. The largest absolute Gasteiger partial charge is 0.463 e. The minimum absolute atomic E-state index is 0.301. The second-order valence-electron chi connectivity index (χ2n) is 5.07. The summed E-state index contributed by atoms with van der Waals surface area (Å²) in [6.45, 7) is 4.37. The molecule has 4 heteroatoms. The second-order valence-corrected chi connectivity index (χ2v) is 5.07.